The fraction of sp³-hybridized carbons (Fsp3) is 0.429. The van der Waals surface area contributed by atoms with E-state index in [9.17, 15) is 0 Å². The third-order valence-electron chi connectivity index (χ3n) is 4.94. The summed E-state index contributed by atoms with van der Waals surface area (Å²) in [5, 5.41) is 15.9. The molecule has 4 rings (SSSR count). The van der Waals surface area contributed by atoms with Crippen molar-refractivity contribution in [1.82, 2.24) is 35.2 Å². The lowest BCUT2D eigenvalue weighted by Gasteiger charge is -2.25. The number of hydrogen-bond donors (Lipinski definition) is 2. The number of benzene rings is 1. The van der Waals surface area contributed by atoms with Crippen molar-refractivity contribution in [2.24, 2.45) is 4.99 Å². The van der Waals surface area contributed by atoms with E-state index < -0.39 is 0 Å². The van der Waals surface area contributed by atoms with E-state index in [1.807, 2.05) is 52.1 Å². The Labute approximate surface area is 199 Å². The molecule has 0 aliphatic carbocycles. The molecule has 0 amide bonds. The van der Waals surface area contributed by atoms with Crippen molar-refractivity contribution in [3.8, 4) is 5.69 Å². The largest absolute Gasteiger partial charge is 0.377 e. The van der Waals surface area contributed by atoms with Gasteiger partial charge in [0.25, 0.3) is 0 Å². The lowest BCUT2D eigenvalue weighted by atomic mass is 10.1. The minimum Gasteiger partial charge on any atom is -0.377 e. The molecule has 2 N–H and O–H groups in total. The molecule has 0 fully saturated rings. The van der Waals surface area contributed by atoms with Crippen molar-refractivity contribution in [2.75, 3.05) is 13.7 Å². The van der Waals surface area contributed by atoms with Crippen molar-refractivity contribution < 1.29 is 4.74 Å². The SMILES string of the molecule is CCNC(=NCc1cnn(-c2ccccc2)c1)NC1CCc2nc(COC)nn2C1.I. The van der Waals surface area contributed by atoms with Gasteiger partial charge in [-0.05, 0) is 25.5 Å². The first-order valence-corrected chi connectivity index (χ1v) is 10.3. The summed E-state index contributed by atoms with van der Waals surface area (Å²) in [7, 11) is 1.66. The van der Waals surface area contributed by atoms with E-state index >= 15 is 0 Å². The van der Waals surface area contributed by atoms with Crippen LogP contribution in [0.4, 0.5) is 0 Å². The Balaban J connectivity index is 0.00000272. The number of para-hydroxylation sites is 1. The maximum absolute atomic E-state index is 5.14. The van der Waals surface area contributed by atoms with Crippen LogP contribution in [-0.2, 0) is 30.9 Å². The predicted molar refractivity (Wildman–Crippen MR) is 130 cm³/mol. The van der Waals surface area contributed by atoms with Gasteiger partial charge in [-0.3, -0.25) is 0 Å². The fourth-order valence-corrected chi connectivity index (χ4v) is 3.52. The normalized spacial score (nSPS) is 15.8. The summed E-state index contributed by atoms with van der Waals surface area (Å²) < 4.78 is 8.99. The Morgan fingerprint density at radius 3 is 2.90 bits per heavy atom. The van der Waals surface area contributed by atoms with Gasteiger partial charge in [-0.15, -0.1) is 24.0 Å². The lowest BCUT2D eigenvalue weighted by Crippen LogP contribution is -2.47. The topological polar surface area (TPSA) is 94.2 Å². The van der Waals surface area contributed by atoms with E-state index in [1.165, 1.54) is 0 Å². The number of methoxy groups -OCH3 is 1. The number of ether oxygens (including phenoxy) is 1. The van der Waals surface area contributed by atoms with E-state index in [4.69, 9.17) is 9.73 Å². The first-order chi connectivity index (χ1) is 14.7. The summed E-state index contributed by atoms with van der Waals surface area (Å²) in [5.41, 5.74) is 2.10. The van der Waals surface area contributed by atoms with Gasteiger partial charge in [0, 0.05) is 37.9 Å². The van der Waals surface area contributed by atoms with Gasteiger partial charge in [-0.25, -0.2) is 19.3 Å². The van der Waals surface area contributed by atoms with Gasteiger partial charge >= 0.3 is 0 Å². The van der Waals surface area contributed by atoms with Gasteiger partial charge in [-0.2, -0.15) is 10.2 Å². The molecule has 3 heterocycles. The number of nitrogens with one attached hydrogen (secondary N) is 2. The third-order valence-corrected chi connectivity index (χ3v) is 4.94. The zero-order valence-corrected chi connectivity index (χ0v) is 20.2. The monoisotopic (exact) mass is 536 g/mol. The second-order valence-electron chi connectivity index (χ2n) is 7.26. The Bertz CT molecular complexity index is 984. The van der Waals surface area contributed by atoms with Gasteiger partial charge in [0.05, 0.1) is 25.0 Å². The standard InChI is InChI=1S/C21H28N8O.HI/c1-3-22-21(23-11-16-12-24-28(13-16)18-7-5-4-6-8-18)25-17-9-10-20-26-19(15-30-2)27-29(20)14-17;/h4-8,12-13,17H,3,9-11,14-15H2,1-2H3,(H2,22,23,25);1H. The molecule has 10 heteroatoms. The zero-order valence-electron chi connectivity index (χ0n) is 17.9. The molecule has 3 aromatic rings. The van der Waals surface area contributed by atoms with Gasteiger partial charge < -0.3 is 15.4 Å². The average molecular weight is 536 g/mol. The second-order valence-corrected chi connectivity index (χ2v) is 7.26. The number of nitrogens with zero attached hydrogens (tertiary/aromatic N) is 6. The van der Waals surface area contributed by atoms with Gasteiger partial charge in [0.2, 0.25) is 0 Å². The van der Waals surface area contributed by atoms with Gasteiger partial charge in [0.15, 0.2) is 11.8 Å². The third kappa shape index (κ3) is 6.03. The molecule has 0 radical (unpaired) electrons. The molecule has 0 saturated heterocycles. The van der Waals surface area contributed by atoms with Crippen LogP contribution in [0.1, 0.15) is 30.6 Å². The maximum atomic E-state index is 5.14. The molecule has 1 aliphatic heterocycles. The maximum Gasteiger partial charge on any atom is 0.191 e. The van der Waals surface area contributed by atoms with Crippen LogP contribution in [0.2, 0.25) is 0 Å². The molecule has 166 valence electrons. The Kier molecular flexibility index (Phi) is 8.41. The van der Waals surface area contributed by atoms with Crippen LogP contribution >= 0.6 is 24.0 Å². The summed E-state index contributed by atoms with van der Waals surface area (Å²) >= 11 is 0. The number of hydrogen-bond acceptors (Lipinski definition) is 5. The van der Waals surface area contributed by atoms with Crippen molar-refractivity contribution in [2.45, 2.75) is 45.5 Å². The van der Waals surface area contributed by atoms with Crippen LogP contribution in [-0.4, -0.2) is 50.2 Å². The van der Waals surface area contributed by atoms with E-state index in [0.717, 1.165) is 54.8 Å². The number of aromatic nitrogens is 5. The number of halogens is 1. The number of rotatable bonds is 7. The molecule has 0 spiro atoms. The quantitative estimate of drug-likeness (QED) is 0.274. The molecule has 9 nitrogen and oxygen atoms in total. The Hall–Kier alpha value is -2.47. The first-order valence-electron chi connectivity index (χ1n) is 10.3. The molecule has 1 aromatic carbocycles. The molecule has 1 unspecified atom stereocenters. The van der Waals surface area contributed by atoms with Crippen molar-refractivity contribution in [3.05, 3.63) is 59.9 Å². The van der Waals surface area contributed by atoms with Gasteiger partial charge in [-0.1, -0.05) is 18.2 Å². The van der Waals surface area contributed by atoms with Crippen molar-refractivity contribution in [1.29, 1.82) is 0 Å². The summed E-state index contributed by atoms with van der Waals surface area (Å²) in [6, 6.07) is 10.3. The fourth-order valence-electron chi connectivity index (χ4n) is 3.52. The van der Waals surface area contributed by atoms with Crippen LogP contribution in [0.5, 0.6) is 0 Å². The summed E-state index contributed by atoms with van der Waals surface area (Å²) in [5.74, 6) is 2.56. The number of fused-ring (bicyclic) bond motifs is 1. The number of aryl methyl sites for hydroxylation is 1. The van der Waals surface area contributed by atoms with Crippen LogP contribution in [0.3, 0.4) is 0 Å². The van der Waals surface area contributed by atoms with Crippen molar-refractivity contribution >= 4 is 29.9 Å². The molecule has 0 bridgehead atoms. The Morgan fingerprint density at radius 2 is 2.13 bits per heavy atom. The Morgan fingerprint density at radius 1 is 1.29 bits per heavy atom. The molecule has 0 saturated carbocycles. The van der Waals surface area contributed by atoms with E-state index in [2.05, 4.69) is 32.7 Å². The molecular formula is C21H29IN8O. The van der Waals surface area contributed by atoms with Crippen LogP contribution in [0, 0.1) is 0 Å². The minimum absolute atomic E-state index is 0. The summed E-state index contributed by atoms with van der Waals surface area (Å²) in [4.78, 5) is 9.29. The molecular weight excluding hydrogens is 507 g/mol. The second kappa shape index (κ2) is 11.2. The van der Waals surface area contributed by atoms with Crippen molar-refractivity contribution in [3.63, 3.8) is 0 Å². The molecule has 1 atom stereocenters. The first kappa shape index (κ1) is 23.2. The highest BCUT2D eigenvalue weighted by atomic mass is 127. The number of aliphatic imine (C=N–C) groups is 1. The highest BCUT2D eigenvalue weighted by Crippen LogP contribution is 2.14. The summed E-state index contributed by atoms with van der Waals surface area (Å²) in [6.07, 6.45) is 5.75. The molecule has 31 heavy (non-hydrogen) atoms. The molecule has 2 aromatic heterocycles. The van der Waals surface area contributed by atoms with E-state index in [0.29, 0.717) is 13.2 Å². The number of guanidine groups is 1. The van der Waals surface area contributed by atoms with Crippen LogP contribution in [0.25, 0.3) is 5.69 Å². The predicted octanol–water partition coefficient (Wildman–Crippen LogP) is 2.30. The highest BCUT2D eigenvalue weighted by molar-refractivity contribution is 14.0. The minimum atomic E-state index is 0. The van der Waals surface area contributed by atoms with Crippen LogP contribution < -0.4 is 10.6 Å². The lowest BCUT2D eigenvalue weighted by molar-refractivity contribution is 0.177. The zero-order chi connectivity index (χ0) is 20.8. The summed E-state index contributed by atoms with van der Waals surface area (Å²) in [6.45, 7) is 4.63. The van der Waals surface area contributed by atoms with E-state index in [-0.39, 0.29) is 30.0 Å². The van der Waals surface area contributed by atoms with Crippen LogP contribution in [0.15, 0.2) is 47.7 Å². The molecule has 1 aliphatic rings. The highest BCUT2D eigenvalue weighted by Gasteiger charge is 2.22. The average Bonchev–Trinajstić information content (AvgIpc) is 3.39. The van der Waals surface area contributed by atoms with E-state index in [1.54, 1.807) is 7.11 Å². The van der Waals surface area contributed by atoms with Gasteiger partial charge in [0.1, 0.15) is 12.4 Å². The smallest absolute Gasteiger partial charge is 0.191 e.